The Kier molecular flexibility index (Phi) is 4.21. The van der Waals surface area contributed by atoms with Gasteiger partial charge in [-0.05, 0) is 6.92 Å². The van der Waals surface area contributed by atoms with E-state index in [0.29, 0.717) is 5.69 Å². The molecule has 0 fully saturated rings. The van der Waals surface area contributed by atoms with Crippen LogP contribution in [-0.2, 0) is 9.59 Å². The van der Waals surface area contributed by atoms with Gasteiger partial charge in [0.25, 0.3) is 5.91 Å². The van der Waals surface area contributed by atoms with Gasteiger partial charge in [0.05, 0.1) is 5.69 Å². The molecule has 0 unspecified atom stereocenters. The lowest BCUT2D eigenvalue weighted by atomic mass is 10.3. The molecule has 1 rings (SSSR count). The summed E-state index contributed by atoms with van der Waals surface area (Å²) in [5.41, 5.74) is 15.9. The van der Waals surface area contributed by atoms with Crippen molar-refractivity contribution in [2.75, 3.05) is 18.8 Å². The Labute approximate surface area is 107 Å². The number of nitrogens with zero attached hydrogens (tertiary/aromatic N) is 2. The van der Waals surface area contributed by atoms with Gasteiger partial charge in [0.1, 0.15) is 18.0 Å². The molecule has 1 heterocycles. The summed E-state index contributed by atoms with van der Waals surface area (Å²) in [4.78, 5) is 38.9. The normalized spacial score (nSPS) is 10.1. The zero-order valence-corrected chi connectivity index (χ0v) is 10.5. The second kappa shape index (κ2) is 5.45. The fourth-order valence-corrected chi connectivity index (χ4v) is 2.14. The molecular formula is C9H13N5O3S. The lowest BCUT2D eigenvalue weighted by molar-refractivity contribution is -0.121. The van der Waals surface area contributed by atoms with Gasteiger partial charge in [0.2, 0.25) is 11.8 Å². The van der Waals surface area contributed by atoms with E-state index in [1.807, 2.05) is 0 Å². The van der Waals surface area contributed by atoms with E-state index in [1.54, 1.807) is 6.92 Å². The topological polar surface area (TPSA) is 145 Å². The van der Waals surface area contributed by atoms with Crippen LogP contribution in [0, 0.1) is 6.92 Å². The van der Waals surface area contributed by atoms with Crippen LogP contribution in [0.5, 0.6) is 0 Å². The fraction of sp³-hybridized carbons (Fsp3) is 0.333. The SMILES string of the molecule is Cc1nc(N)sc1C(=O)N(CC(N)=O)CC(N)=O. The second-order valence-corrected chi connectivity index (χ2v) is 4.59. The maximum absolute atomic E-state index is 12.1. The van der Waals surface area contributed by atoms with Crippen LogP contribution in [0.4, 0.5) is 5.13 Å². The number of hydrogen-bond acceptors (Lipinski definition) is 6. The largest absolute Gasteiger partial charge is 0.375 e. The number of primary amides is 2. The van der Waals surface area contributed by atoms with E-state index >= 15 is 0 Å². The van der Waals surface area contributed by atoms with Gasteiger partial charge in [-0.2, -0.15) is 0 Å². The highest BCUT2D eigenvalue weighted by Gasteiger charge is 2.23. The summed E-state index contributed by atoms with van der Waals surface area (Å²) in [6.07, 6.45) is 0. The molecule has 18 heavy (non-hydrogen) atoms. The molecule has 1 aromatic rings. The van der Waals surface area contributed by atoms with Crippen molar-refractivity contribution in [2.45, 2.75) is 6.92 Å². The number of rotatable bonds is 5. The molecular weight excluding hydrogens is 258 g/mol. The van der Waals surface area contributed by atoms with Crippen molar-refractivity contribution >= 4 is 34.2 Å². The smallest absolute Gasteiger partial charge is 0.266 e. The quantitative estimate of drug-likeness (QED) is 0.593. The molecule has 1 aromatic heterocycles. The number of aryl methyl sites for hydroxylation is 1. The van der Waals surface area contributed by atoms with E-state index in [9.17, 15) is 14.4 Å². The van der Waals surface area contributed by atoms with Crippen LogP contribution in [0.25, 0.3) is 0 Å². The van der Waals surface area contributed by atoms with Crippen LogP contribution >= 0.6 is 11.3 Å². The highest BCUT2D eigenvalue weighted by Crippen LogP contribution is 2.21. The van der Waals surface area contributed by atoms with E-state index in [2.05, 4.69) is 4.98 Å². The maximum atomic E-state index is 12.1. The predicted octanol–water partition coefficient (Wildman–Crippen LogP) is -1.55. The van der Waals surface area contributed by atoms with Gasteiger partial charge in [-0.15, -0.1) is 0 Å². The third kappa shape index (κ3) is 3.42. The van der Waals surface area contributed by atoms with Crippen molar-refractivity contribution in [1.29, 1.82) is 0 Å². The van der Waals surface area contributed by atoms with Crippen molar-refractivity contribution in [1.82, 2.24) is 9.88 Å². The first kappa shape index (κ1) is 13.9. The molecule has 3 amide bonds. The van der Waals surface area contributed by atoms with Crippen molar-refractivity contribution in [3.05, 3.63) is 10.6 Å². The maximum Gasteiger partial charge on any atom is 0.266 e. The molecule has 0 aromatic carbocycles. The molecule has 9 heteroatoms. The lowest BCUT2D eigenvalue weighted by Crippen LogP contribution is -2.43. The number of nitrogen functional groups attached to an aromatic ring is 1. The third-order valence-corrected chi connectivity index (χ3v) is 2.96. The molecule has 8 nitrogen and oxygen atoms in total. The average molecular weight is 271 g/mol. The van der Waals surface area contributed by atoms with Gasteiger partial charge < -0.3 is 22.1 Å². The molecule has 0 bridgehead atoms. The van der Waals surface area contributed by atoms with E-state index in [4.69, 9.17) is 17.2 Å². The second-order valence-electron chi connectivity index (χ2n) is 3.56. The summed E-state index contributed by atoms with van der Waals surface area (Å²) < 4.78 is 0. The van der Waals surface area contributed by atoms with Gasteiger partial charge in [-0.25, -0.2) is 4.98 Å². The first-order valence-electron chi connectivity index (χ1n) is 4.90. The molecule has 0 aliphatic carbocycles. The Hall–Kier alpha value is -2.16. The van der Waals surface area contributed by atoms with Crippen molar-refractivity contribution in [2.24, 2.45) is 11.5 Å². The molecule has 0 spiro atoms. The minimum absolute atomic E-state index is 0.231. The van der Waals surface area contributed by atoms with Crippen LogP contribution < -0.4 is 17.2 Å². The number of amides is 3. The van der Waals surface area contributed by atoms with Crippen LogP contribution in [-0.4, -0.2) is 40.7 Å². The summed E-state index contributed by atoms with van der Waals surface area (Å²) >= 11 is 0.976. The number of aromatic nitrogens is 1. The van der Waals surface area contributed by atoms with Gasteiger partial charge in [-0.1, -0.05) is 11.3 Å². The highest BCUT2D eigenvalue weighted by molar-refractivity contribution is 7.17. The standard InChI is InChI=1S/C9H13N5O3S/c1-4-7(18-9(12)13-4)8(17)14(2-5(10)15)3-6(11)16/h2-3H2,1H3,(H2,10,15)(H2,11,16)(H2,12,13). The Bertz CT molecular complexity index is 482. The molecule has 6 N–H and O–H groups in total. The molecule has 0 aliphatic rings. The fourth-order valence-electron chi connectivity index (χ4n) is 1.34. The molecule has 0 atom stereocenters. The summed E-state index contributed by atoms with van der Waals surface area (Å²) in [6.45, 7) is 0.824. The Morgan fingerprint density at radius 1 is 1.22 bits per heavy atom. The Morgan fingerprint density at radius 2 is 1.72 bits per heavy atom. The summed E-state index contributed by atoms with van der Waals surface area (Å²) in [5.74, 6) is -2.02. The first-order chi connectivity index (χ1) is 8.31. The monoisotopic (exact) mass is 271 g/mol. The Morgan fingerprint density at radius 3 is 2.06 bits per heavy atom. The van der Waals surface area contributed by atoms with Crippen molar-refractivity contribution in [3.63, 3.8) is 0 Å². The van der Waals surface area contributed by atoms with E-state index in [1.165, 1.54) is 0 Å². The summed E-state index contributed by atoms with van der Waals surface area (Å²) in [5, 5.41) is 0.231. The average Bonchev–Trinajstić information content (AvgIpc) is 2.54. The zero-order chi connectivity index (χ0) is 13.9. The van der Waals surface area contributed by atoms with Gasteiger partial charge >= 0.3 is 0 Å². The van der Waals surface area contributed by atoms with E-state index in [0.717, 1.165) is 16.2 Å². The minimum atomic E-state index is -0.736. The third-order valence-electron chi connectivity index (χ3n) is 1.99. The van der Waals surface area contributed by atoms with E-state index in [-0.39, 0.29) is 23.1 Å². The minimum Gasteiger partial charge on any atom is -0.375 e. The number of thiazole rings is 1. The summed E-state index contributed by atoms with van der Waals surface area (Å²) in [7, 11) is 0. The number of carbonyl (C=O) groups is 3. The van der Waals surface area contributed by atoms with Crippen LogP contribution in [0.2, 0.25) is 0 Å². The highest BCUT2D eigenvalue weighted by atomic mass is 32.1. The molecule has 98 valence electrons. The molecule has 0 aliphatic heterocycles. The van der Waals surface area contributed by atoms with Crippen LogP contribution in [0.3, 0.4) is 0 Å². The first-order valence-corrected chi connectivity index (χ1v) is 5.71. The van der Waals surface area contributed by atoms with Crippen molar-refractivity contribution < 1.29 is 14.4 Å². The molecule has 0 radical (unpaired) electrons. The van der Waals surface area contributed by atoms with Gasteiger partial charge in [0.15, 0.2) is 5.13 Å². The number of carbonyl (C=O) groups excluding carboxylic acids is 3. The number of hydrogen-bond donors (Lipinski definition) is 3. The number of anilines is 1. The molecule has 0 saturated heterocycles. The summed E-state index contributed by atoms with van der Waals surface area (Å²) in [6, 6.07) is 0. The lowest BCUT2D eigenvalue weighted by Gasteiger charge is -2.18. The van der Waals surface area contributed by atoms with Crippen LogP contribution in [0.15, 0.2) is 0 Å². The van der Waals surface area contributed by atoms with E-state index < -0.39 is 17.7 Å². The zero-order valence-electron chi connectivity index (χ0n) is 9.67. The van der Waals surface area contributed by atoms with Crippen LogP contribution in [0.1, 0.15) is 15.4 Å². The van der Waals surface area contributed by atoms with Crippen molar-refractivity contribution in [3.8, 4) is 0 Å². The Balaban J connectivity index is 2.97. The number of nitrogens with two attached hydrogens (primary N) is 3. The molecule has 0 saturated carbocycles. The van der Waals surface area contributed by atoms with Gasteiger partial charge in [0, 0.05) is 0 Å². The predicted molar refractivity (Wildman–Crippen MR) is 65.6 cm³/mol. The van der Waals surface area contributed by atoms with Gasteiger partial charge in [-0.3, -0.25) is 14.4 Å².